The molecule has 0 aliphatic carbocycles. The van der Waals surface area contributed by atoms with Gasteiger partial charge >= 0.3 is 0 Å². The highest BCUT2D eigenvalue weighted by molar-refractivity contribution is 7.99. The van der Waals surface area contributed by atoms with Crippen LogP contribution in [0, 0.1) is 0 Å². The van der Waals surface area contributed by atoms with Crippen molar-refractivity contribution in [3.8, 4) is 22.3 Å². The van der Waals surface area contributed by atoms with E-state index in [1.54, 1.807) is 11.8 Å². The average molecular weight is 407 g/mol. The monoisotopic (exact) mass is 406 g/mol. The fraction of sp³-hybridized carbons (Fsp3) is 0. The molecule has 0 atom stereocenters. The standard InChI is InChI=1S/C24H16Cl2S/c25-21-5-1-3-19(15-21)17-7-11-23(12-8-17)27-24-13-9-18(10-14-24)20-4-2-6-22(26)16-20/h1-16H. The molecule has 0 radical (unpaired) electrons. The third-order valence-electron chi connectivity index (χ3n) is 4.26. The Bertz CT molecular complexity index is 967. The first-order valence-electron chi connectivity index (χ1n) is 8.57. The van der Waals surface area contributed by atoms with Gasteiger partial charge in [0.2, 0.25) is 0 Å². The van der Waals surface area contributed by atoms with Crippen molar-refractivity contribution in [1.82, 2.24) is 0 Å². The first kappa shape index (κ1) is 18.2. The van der Waals surface area contributed by atoms with E-state index in [1.807, 2.05) is 36.4 Å². The molecule has 0 amide bonds. The lowest BCUT2D eigenvalue weighted by Crippen LogP contribution is -1.80. The molecule has 0 nitrogen and oxygen atoms in total. The summed E-state index contributed by atoms with van der Waals surface area (Å²) in [6.45, 7) is 0. The molecule has 0 aromatic heterocycles. The second-order valence-electron chi connectivity index (χ2n) is 6.17. The molecule has 4 aromatic carbocycles. The minimum Gasteiger partial charge on any atom is -0.0901 e. The molecule has 0 fully saturated rings. The molecule has 4 rings (SSSR count). The van der Waals surface area contributed by atoms with Crippen LogP contribution in [-0.4, -0.2) is 0 Å². The van der Waals surface area contributed by atoms with Crippen molar-refractivity contribution in [1.29, 1.82) is 0 Å². The molecule has 4 aromatic rings. The number of halogens is 2. The van der Waals surface area contributed by atoms with Gasteiger partial charge in [-0.2, -0.15) is 0 Å². The Balaban J connectivity index is 1.49. The third-order valence-corrected chi connectivity index (χ3v) is 5.75. The fourth-order valence-corrected chi connectivity index (χ4v) is 4.10. The Labute approximate surface area is 173 Å². The van der Waals surface area contributed by atoms with Gasteiger partial charge in [0, 0.05) is 19.8 Å². The predicted octanol–water partition coefficient (Wildman–Crippen LogP) is 8.48. The van der Waals surface area contributed by atoms with Gasteiger partial charge in [-0.15, -0.1) is 0 Å². The summed E-state index contributed by atoms with van der Waals surface area (Å²) in [5.41, 5.74) is 4.59. The van der Waals surface area contributed by atoms with Gasteiger partial charge in [-0.1, -0.05) is 83.5 Å². The molecule has 0 N–H and O–H groups in total. The van der Waals surface area contributed by atoms with Crippen LogP contribution >= 0.6 is 35.0 Å². The van der Waals surface area contributed by atoms with E-state index in [0.29, 0.717) is 0 Å². The lowest BCUT2D eigenvalue weighted by Gasteiger charge is -2.07. The van der Waals surface area contributed by atoms with Gasteiger partial charge in [-0.25, -0.2) is 0 Å². The summed E-state index contributed by atoms with van der Waals surface area (Å²) in [6.07, 6.45) is 0. The van der Waals surface area contributed by atoms with Crippen LogP contribution in [0.1, 0.15) is 0 Å². The highest BCUT2D eigenvalue weighted by Crippen LogP contribution is 2.32. The van der Waals surface area contributed by atoms with Crippen LogP contribution < -0.4 is 0 Å². The van der Waals surface area contributed by atoms with Crippen molar-refractivity contribution in [2.75, 3.05) is 0 Å². The highest BCUT2D eigenvalue weighted by atomic mass is 35.5. The van der Waals surface area contributed by atoms with Crippen LogP contribution in [0.4, 0.5) is 0 Å². The zero-order valence-corrected chi connectivity index (χ0v) is 16.7. The van der Waals surface area contributed by atoms with Gasteiger partial charge in [0.15, 0.2) is 0 Å². The molecule has 0 bridgehead atoms. The molecule has 0 saturated heterocycles. The van der Waals surface area contributed by atoms with Crippen LogP contribution in [0.2, 0.25) is 10.0 Å². The van der Waals surface area contributed by atoms with Crippen molar-refractivity contribution in [2.24, 2.45) is 0 Å². The van der Waals surface area contributed by atoms with Crippen molar-refractivity contribution in [2.45, 2.75) is 9.79 Å². The molecule has 27 heavy (non-hydrogen) atoms. The molecular formula is C24H16Cl2S. The van der Waals surface area contributed by atoms with E-state index >= 15 is 0 Å². The second kappa shape index (κ2) is 8.22. The summed E-state index contributed by atoms with van der Waals surface area (Å²) >= 11 is 13.9. The van der Waals surface area contributed by atoms with E-state index in [-0.39, 0.29) is 0 Å². The Morgan fingerprint density at radius 3 is 1.22 bits per heavy atom. The largest absolute Gasteiger partial charge is 0.0901 e. The van der Waals surface area contributed by atoms with Gasteiger partial charge in [0.05, 0.1) is 0 Å². The maximum atomic E-state index is 6.09. The summed E-state index contributed by atoms with van der Waals surface area (Å²) in [7, 11) is 0. The van der Waals surface area contributed by atoms with Gasteiger partial charge in [0.25, 0.3) is 0 Å². The first-order chi connectivity index (χ1) is 13.2. The number of rotatable bonds is 4. The third kappa shape index (κ3) is 4.56. The molecule has 0 spiro atoms. The maximum Gasteiger partial charge on any atom is 0.0412 e. The van der Waals surface area contributed by atoms with E-state index in [4.69, 9.17) is 23.2 Å². The normalized spacial score (nSPS) is 10.7. The van der Waals surface area contributed by atoms with Gasteiger partial charge in [-0.05, 0) is 70.8 Å². The Kier molecular flexibility index (Phi) is 5.54. The molecule has 0 saturated carbocycles. The molecular weight excluding hydrogens is 391 g/mol. The lowest BCUT2D eigenvalue weighted by atomic mass is 10.1. The Morgan fingerprint density at radius 2 is 0.852 bits per heavy atom. The molecule has 0 unspecified atom stereocenters. The zero-order valence-electron chi connectivity index (χ0n) is 14.4. The topological polar surface area (TPSA) is 0 Å². The van der Waals surface area contributed by atoms with Gasteiger partial charge in [0.1, 0.15) is 0 Å². The van der Waals surface area contributed by atoms with Crippen LogP contribution in [0.5, 0.6) is 0 Å². The Hall–Kier alpha value is -2.19. The van der Waals surface area contributed by atoms with E-state index in [2.05, 4.69) is 60.7 Å². The molecule has 0 aliphatic rings. The van der Waals surface area contributed by atoms with E-state index in [0.717, 1.165) is 32.3 Å². The minimum absolute atomic E-state index is 0.755. The summed E-state index contributed by atoms with van der Waals surface area (Å²) in [5.74, 6) is 0. The highest BCUT2D eigenvalue weighted by Gasteiger charge is 2.03. The molecule has 3 heteroatoms. The number of benzene rings is 4. The Morgan fingerprint density at radius 1 is 0.444 bits per heavy atom. The van der Waals surface area contributed by atoms with Crippen molar-refractivity contribution in [3.63, 3.8) is 0 Å². The average Bonchev–Trinajstić information content (AvgIpc) is 2.69. The molecule has 132 valence electrons. The second-order valence-corrected chi connectivity index (χ2v) is 8.19. The zero-order chi connectivity index (χ0) is 18.6. The van der Waals surface area contributed by atoms with Crippen LogP contribution in [0.3, 0.4) is 0 Å². The van der Waals surface area contributed by atoms with E-state index in [1.165, 1.54) is 9.79 Å². The fourth-order valence-electron chi connectivity index (χ4n) is 2.90. The van der Waals surface area contributed by atoms with Gasteiger partial charge in [-0.3, -0.25) is 0 Å². The minimum atomic E-state index is 0.755. The van der Waals surface area contributed by atoms with Crippen LogP contribution in [0.25, 0.3) is 22.3 Å². The summed E-state index contributed by atoms with van der Waals surface area (Å²) in [4.78, 5) is 2.41. The predicted molar refractivity (Wildman–Crippen MR) is 118 cm³/mol. The van der Waals surface area contributed by atoms with Gasteiger partial charge < -0.3 is 0 Å². The van der Waals surface area contributed by atoms with E-state index in [9.17, 15) is 0 Å². The lowest BCUT2D eigenvalue weighted by molar-refractivity contribution is 1.40. The summed E-state index contributed by atoms with van der Waals surface area (Å²) < 4.78 is 0. The summed E-state index contributed by atoms with van der Waals surface area (Å²) in [5, 5.41) is 1.51. The number of hydrogen-bond donors (Lipinski definition) is 0. The quantitative estimate of drug-likeness (QED) is 0.327. The SMILES string of the molecule is Clc1cccc(-c2ccc(Sc3ccc(-c4cccc(Cl)c4)cc3)cc2)c1. The number of hydrogen-bond acceptors (Lipinski definition) is 1. The summed E-state index contributed by atoms with van der Waals surface area (Å²) in [6, 6.07) is 33.0. The van der Waals surface area contributed by atoms with Crippen molar-refractivity contribution in [3.05, 3.63) is 107 Å². The maximum absolute atomic E-state index is 6.09. The molecule has 0 aliphatic heterocycles. The van der Waals surface area contributed by atoms with Crippen LogP contribution in [-0.2, 0) is 0 Å². The van der Waals surface area contributed by atoms with Crippen molar-refractivity contribution >= 4 is 35.0 Å². The smallest absolute Gasteiger partial charge is 0.0412 e. The molecule has 0 heterocycles. The van der Waals surface area contributed by atoms with Crippen LogP contribution in [0.15, 0.2) is 107 Å². The van der Waals surface area contributed by atoms with E-state index < -0.39 is 0 Å². The van der Waals surface area contributed by atoms with Crippen molar-refractivity contribution < 1.29 is 0 Å². The first-order valence-corrected chi connectivity index (χ1v) is 10.1.